The largest absolute Gasteiger partial charge is 0.392 e. The van der Waals surface area contributed by atoms with Crippen molar-refractivity contribution in [2.75, 3.05) is 25.4 Å². The van der Waals surface area contributed by atoms with Crippen molar-refractivity contribution >= 4 is 30.5 Å². The molecule has 7 N–H and O–H groups in total. The summed E-state index contributed by atoms with van der Waals surface area (Å²) in [5.41, 5.74) is 4.90. The third-order valence-corrected chi connectivity index (χ3v) is 3.08. The molecule has 0 aromatic carbocycles. The number of aliphatic hydroxyl groups excluding tert-OH is 2. The number of nitrogens with two attached hydrogens (primary N) is 1. The third kappa shape index (κ3) is 12.7. The molecule has 0 aliphatic rings. The Morgan fingerprint density at radius 2 is 1.61 bits per heavy atom. The summed E-state index contributed by atoms with van der Waals surface area (Å²) in [5, 5.41) is 26.7. The minimum absolute atomic E-state index is 0.198. The van der Waals surface area contributed by atoms with Gasteiger partial charge in [-0.05, 0) is 12.8 Å². The van der Waals surface area contributed by atoms with E-state index in [1.807, 2.05) is 0 Å². The summed E-state index contributed by atoms with van der Waals surface area (Å²) in [4.78, 5) is 33.4. The summed E-state index contributed by atoms with van der Waals surface area (Å²) in [5.74, 6) is -0.526. The van der Waals surface area contributed by atoms with Gasteiger partial charge in [-0.15, -0.1) is 0 Å². The van der Waals surface area contributed by atoms with Gasteiger partial charge in [0.05, 0.1) is 12.5 Å². The van der Waals surface area contributed by atoms with Crippen LogP contribution in [0.25, 0.3) is 0 Å². The van der Waals surface area contributed by atoms with Crippen LogP contribution in [0.1, 0.15) is 25.7 Å². The zero-order valence-corrected chi connectivity index (χ0v) is 13.8. The summed E-state index contributed by atoms with van der Waals surface area (Å²) in [6, 6.07) is -0.589. The number of thiol groups is 1. The van der Waals surface area contributed by atoms with Crippen LogP contribution in [0.2, 0.25) is 0 Å². The van der Waals surface area contributed by atoms with Crippen LogP contribution in [0.5, 0.6) is 0 Å². The number of carbonyl (C=O) groups excluding carboxylic acids is 3. The van der Waals surface area contributed by atoms with Crippen molar-refractivity contribution in [2.45, 2.75) is 37.9 Å². The molecule has 0 heterocycles. The number of rotatable bonds is 12. The predicted octanol–water partition coefficient (Wildman–Crippen LogP) is -1.90. The lowest BCUT2D eigenvalue weighted by Gasteiger charge is -2.15. The van der Waals surface area contributed by atoms with Crippen molar-refractivity contribution in [3.05, 3.63) is 0 Å². The molecule has 0 bridgehead atoms. The fraction of sp³-hybridized carbons (Fsp3) is 0.769. The Morgan fingerprint density at radius 3 is 2.17 bits per heavy atom. The van der Waals surface area contributed by atoms with Crippen LogP contribution in [0, 0.1) is 0 Å². The van der Waals surface area contributed by atoms with Crippen molar-refractivity contribution in [1.82, 2.24) is 16.0 Å². The number of carbonyl (C=O) groups is 3. The van der Waals surface area contributed by atoms with Gasteiger partial charge in [-0.2, -0.15) is 12.6 Å². The average molecular weight is 350 g/mol. The van der Waals surface area contributed by atoms with Gasteiger partial charge in [-0.1, -0.05) is 0 Å². The number of hydrogen-bond acceptors (Lipinski definition) is 6. The van der Waals surface area contributed by atoms with Gasteiger partial charge >= 0.3 is 6.03 Å². The molecular weight excluding hydrogens is 324 g/mol. The maximum Gasteiger partial charge on any atom is 0.312 e. The Labute approximate surface area is 140 Å². The molecule has 4 amide bonds. The summed E-state index contributed by atoms with van der Waals surface area (Å²) < 4.78 is 0. The SMILES string of the molecule is NC(=O)NCCCCNC(=O)CC(O)CC(O)C(=O)NCCS. The van der Waals surface area contributed by atoms with E-state index in [1.165, 1.54) is 0 Å². The number of aliphatic hydroxyl groups is 2. The topological polar surface area (TPSA) is 154 Å². The predicted molar refractivity (Wildman–Crippen MR) is 87.9 cm³/mol. The van der Waals surface area contributed by atoms with E-state index in [0.717, 1.165) is 0 Å². The van der Waals surface area contributed by atoms with E-state index in [2.05, 4.69) is 28.6 Å². The minimum atomic E-state index is -1.36. The van der Waals surface area contributed by atoms with Crippen LogP contribution in [-0.4, -0.2) is 65.7 Å². The molecule has 23 heavy (non-hydrogen) atoms. The number of unbranched alkanes of at least 4 members (excludes halogenated alkanes) is 1. The van der Waals surface area contributed by atoms with Gasteiger partial charge in [0.1, 0.15) is 6.10 Å². The number of nitrogens with one attached hydrogen (secondary N) is 3. The van der Waals surface area contributed by atoms with E-state index >= 15 is 0 Å². The average Bonchev–Trinajstić information content (AvgIpc) is 2.47. The summed E-state index contributed by atoms with van der Waals surface area (Å²) in [6.07, 6.45) is -1.57. The highest BCUT2D eigenvalue weighted by Gasteiger charge is 2.20. The molecule has 2 unspecified atom stereocenters. The van der Waals surface area contributed by atoms with E-state index in [-0.39, 0.29) is 18.7 Å². The van der Waals surface area contributed by atoms with Crippen molar-refractivity contribution in [3.63, 3.8) is 0 Å². The highest BCUT2D eigenvalue weighted by atomic mass is 32.1. The summed E-state index contributed by atoms with van der Waals surface area (Å²) in [7, 11) is 0. The Bertz CT molecular complexity index is 383. The van der Waals surface area contributed by atoms with Crippen LogP contribution in [0.4, 0.5) is 4.79 Å². The second kappa shape index (κ2) is 13.0. The minimum Gasteiger partial charge on any atom is -0.392 e. The second-order valence-electron chi connectivity index (χ2n) is 4.97. The fourth-order valence-electron chi connectivity index (χ4n) is 1.72. The standard InChI is InChI=1S/C13H26N4O5S/c14-13(22)17-4-2-1-3-15-11(20)8-9(18)7-10(19)12(21)16-5-6-23/h9-10,18-19,23H,1-8H2,(H,15,20)(H,16,21)(H3,14,17,22). The second-order valence-corrected chi connectivity index (χ2v) is 5.42. The van der Waals surface area contributed by atoms with Crippen LogP contribution in [-0.2, 0) is 9.59 Å². The highest BCUT2D eigenvalue weighted by Crippen LogP contribution is 2.03. The van der Waals surface area contributed by atoms with Crippen molar-refractivity contribution in [1.29, 1.82) is 0 Å². The van der Waals surface area contributed by atoms with Crippen molar-refractivity contribution in [2.24, 2.45) is 5.73 Å². The van der Waals surface area contributed by atoms with E-state index < -0.39 is 24.1 Å². The first kappa shape index (κ1) is 21.5. The molecule has 0 spiro atoms. The van der Waals surface area contributed by atoms with Crippen LogP contribution in [0.3, 0.4) is 0 Å². The first-order valence-electron chi connectivity index (χ1n) is 7.41. The zero-order chi connectivity index (χ0) is 17.7. The summed E-state index contributed by atoms with van der Waals surface area (Å²) >= 11 is 3.92. The molecule has 0 aromatic heterocycles. The molecule has 0 radical (unpaired) electrons. The molecule has 0 saturated heterocycles. The van der Waals surface area contributed by atoms with E-state index in [4.69, 9.17) is 5.73 Å². The molecule has 9 nitrogen and oxygen atoms in total. The molecule has 2 atom stereocenters. The Morgan fingerprint density at radius 1 is 1.00 bits per heavy atom. The van der Waals surface area contributed by atoms with Gasteiger partial charge < -0.3 is 31.9 Å². The number of primary amides is 1. The maximum absolute atomic E-state index is 11.6. The van der Waals surface area contributed by atoms with Crippen LogP contribution < -0.4 is 21.7 Å². The van der Waals surface area contributed by atoms with Gasteiger partial charge in [0.2, 0.25) is 11.8 Å². The number of amides is 4. The van der Waals surface area contributed by atoms with Gasteiger partial charge in [-0.25, -0.2) is 4.79 Å². The Kier molecular flexibility index (Phi) is 12.1. The van der Waals surface area contributed by atoms with E-state index in [9.17, 15) is 24.6 Å². The summed E-state index contributed by atoms with van der Waals surface area (Å²) in [6.45, 7) is 1.15. The van der Waals surface area contributed by atoms with E-state index in [0.29, 0.717) is 38.2 Å². The van der Waals surface area contributed by atoms with Crippen molar-refractivity contribution < 1.29 is 24.6 Å². The van der Waals surface area contributed by atoms with Crippen LogP contribution >= 0.6 is 12.6 Å². The lowest BCUT2D eigenvalue weighted by atomic mass is 10.1. The highest BCUT2D eigenvalue weighted by molar-refractivity contribution is 7.80. The third-order valence-electron chi connectivity index (χ3n) is 2.85. The molecule has 0 aliphatic heterocycles. The van der Waals surface area contributed by atoms with Gasteiger partial charge in [0, 0.05) is 31.8 Å². The Hall–Kier alpha value is -1.52. The smallest absolute Gasteiger partial charge is 0.312 e. The first-order chi connectivity index (χ1) is 10.9. The van der Waals surface area contributed by atoms with Crippen LogP contribution in [0.15, 0.2) is 0 Å². The number of hydrogen-bond donors (Lipinski definition) is 7. The zero-order valence-electron chi connectivity index (χ0n) is 13.0. The molecule has 10 heteroatoms. The molecule has 134 valence electrons. The molecule has 0 rings (SSSR count). The lowest BCUT2D eigenvalue weighted by Crippen LogP contribution is -2.38. The maximum atomic E-state index is 11.6. The monoisotopic (exact) mass is 350 g/mol. The normalized spacial score (nSPS) is 13.0. The molecule has 0 fully saturated rings. The molecule has 0 aromatic rings. The first-order valence-corrected chi connectivity index (χ1v) is 8.04. The number of urea groups is 1. The molecule has 0 saturated carbocycles. The van der Waals surface area contributed by atoms with Crippen molar-refractivity contribution in [3.8, 4) is 0 Å². The molecule has 0 aliphatic carbocycles. The van der Waals surface area contributed by atoms with E-state index in [1.54, 1.807) is 0 Å². The molecular formula is C13H26N4O5S. The van der Waals surface area contributed by atoms with Gasteiger partial charge in [0.15, 0.2) is 0 Å². The van der Waals surface area contributed by atoms with Gasteiger partial charge in [0.25, 0.3) is 0 Å². The fourth-order valence-corrected chi connectivity index (χ4v) is 1.83. The lowest BCUT2D eigenvalue weighted by molar-refractivity contribution is -0.132. The quantitative estimate of drug-likeness (QED) is 0.162. The van der Waals surface area contributed by atoms with Gasteiger partial charge in [-0.3, -0.25) is 9.59 Å². The Balaban J connectivity index is 3.76.